The van der Waals surface area contributed by atoms with E-state index in [0.717, 1.165) is 12.2 Å². The van der Waals surface area contributed by atoms with Crippen molar-refractivity contribution in [2.24, 2.45) is 11.7 Å². The predicted molar refractivity (Wildman–Crippen MR) is 67.1 cm³/mol. The number of nitrogens with two attached hydrogens (primary N) is 1. The van der Waals surface area contributed by atoms with Crippen molar-refractivity contribution >= 4 is 5.69 Å². The molecule has 1 aromatic rings. The molecule has 0 unspecified atom stereocenters. The zero-order chi connectivity index (χ0) is 12.3. The topological polar surface area (TPSA) is 29.3 Å². The molecule has 1 aromatic carbocycles. The third kappa shape index (κ3) is 2.95. The summed E-state index contributed by atoms with van der Waals surface area (Å²) in [5.74, 6) is 0.317. The van der Waals surface area contributed by atoms with Crippen LogP contribution in [0.3, 0.4) is 0 Å². The highest BCUT2D eigenvalue weighted by atomic mass is 19.1. The van der Waals surface area contributed by atoms with Gasteiger partial charge in [-0.15, -0.1) is 0 Å². The van der Waals surface area contributed by atoms with Gasteiger partial charge in [-0.25, -0.2) is 4.39 Å². The molecule has 0 aliphatic carbocycles. The van der Waals surface area contributed by atoms with Crippen LogP contribution >= 0.6 is 0 Å². The summed E-state index contributed by atoms with van der Waals surface area (Å²) >= 11 is 0. The number of anilines is 1. The largest absolute Gasteiger partial charge is 0.374 e. The van der Waals surface area contributed by atoms with Crippen molar-refractivity contribution < 1.29 is 4.39 Å². The lowest BCUT2D eigenvalue weighted by Crippen LogP contribution is -2.25. The third-order valence-electron chi connectivity index (χ3n) is 2.54. The van der Waals surface area contributed by atoms with Crippen LogP contribution in [0.1, 0.15) is 32.4 Å². The molecule has 0 heterocycles. The number of hydrogen-bond acceptors (Lipinski definition) is 2. The minimum atomic E-state index is -0.286. The molecule has 0 aliphatic heterocycles. The lowest BCUT2D eigenvalue weighted by atomic mass is 10.0. The Balaban J connectivity index is 3.07. The molecule has 2 N–H and O–H groups in total. The molecule has 0 spiro atoms. The molecule has 0 saturated heterocycles. The minimum absolute atomic E-state index is 0.219. The van der Waals surface area contributed by atoms with Crippen LogP contribution in [0.15, 0.2) is 18.2 Å². The predicted octanol–water partition coefficient (Wildman–Crippen LogP) is 2.94. The maximum Gasteiger partial charge on any atom is 0.130 e. The van der Waals surface area contributed by atoms with Gasteiger partial charge in [-0.3, -0.25) is 0 Å². The molecule has 1 rings (SSSR count). The number of hydrogen-bond donors (Lipinski definition) is 1. The average molecular weight is 224 g/mol. The van der Waals surface area contributed by atoms with Gasteiger partial charge in [0.05, 0.1) is 0 Å². The second kappa shape index (κ2) is 5.30. The maximum absolute atomic E-state index is 13.7. The molecule has 16 heavy (non-hydrogen) atoms. The summed E-state index contributed by atoms with van der Waals surface area (Å²) in [7, 11) is 1.97. The summed E-state index contributed by atoms with van der Waals surface area (Å²) in [4.78, 5) is 2.06. The zero-order valence-electron chi connectivity index (χ0n) is 10.5. The molecule has 0 bridgehead atoms. The van der Waals surface area contributed by atoms with Crippen molar-refractivity contribution in [3.8, 4) is 0 Å². The molecule has 0 radical (unpaired) electrons. The van der Waals surface area contributed by atoms with Crippen molar-refractivity contribution in [1.29, 1.82) is 0 Å². The lowest BCUT2D eigenvalue weighted by Gasteiger charge is -2.25. The fourth-order valence-corrected chi connectivity index (χ4v) is 1.96. The van der Waals surface area contributed by atoms with Crippen LogP contribution < -0.4 is 10.6 Å². The summed E-state index contributed by atoms with van der Waals surface area (Å²) in [5.41, 5.74) is 7.31. The van der Waals surface area contributed by atoms with E-state index in [1.807, 2.05) is 20.0 Å². The highest BCUT2D eigenvalue weighted by molar-refractivity contribution is 5.55. The van der Waals surface area contributed by atoms with E-state index < -0.39 is 0 Å². The average Bonchev–Trinajstić information content (AvgIpc) is 2.15. The standard InChI is InChI=1S/C13H21FN2/c1-9(2)8-16(4)12-7-5-6-11(14)13(12)10(3)15/h5-7,9-10H,8,15H2,1-4H3/t10-/m0/s1. The normalized spacial score (nSPS) is 12.9. The van der Waals surface area contributed by atoms with Crippen molar-refractivity contribution in [1.82, 2.24) is 0 Å². The Morgan fingerprint density at radius 1 is 1.31 bits per heavy atom. The zero-order valence-corrected chi connectivity index (χ0v) is 10.5. The van der Waals surface area contributed by atoms with Crippen LogP contribution in [-0.4, -0.2) is 13.6 Å². The second-order valence-corrected chi connectivity index (χ2v) is 4.74. The Morgan fingerprint density at radius 3 is 2.44 bits per heavy atom. The molecule has 1 atom stereocenters. The Morgan fingerprint density at radius 2 is 1.94 bits per heavy atom. The molecule has 0 aromatic heterocycles. The number of halogens is 1. The highest BCUT2D eigenvalue weighted by Gasteiger charge is 2.15. The van der Waals surface area contributed by atoms with Crippen LogP contribution in [0.5, 0.6) is 0 Å². The second-order valence-electron chi connectivity index (χ2n) is 4.74. The van der Waals surface area contributed by atoms with E-state index in [9.17, 15) is 4.39 Å². The van der Waals surface area contributed by atoms with Crippen molar-refractivity contribution in [3.63, 3.8) is 0 Å². The smallest absolute Gasteiger partial charge is 0.130 e. The Kier molecular flexibility index (Phi) is 4.30. The van der Waals surface area contributed by atoms with E-state index >= 15 is 0 Å². The van der Waals surface area contributed by atoms with Gasteiger partial charge in [-0.1, -0.05) is 19.9 Å². The van der Waals surface area contributed by atoms with E-state index in [2.05, 4.69) is 18.7 Å². The quantitative estimate of drug-likeness (QED) is 0.852. The molecular formula is C13H21FN2. The van der Waals surface area contributed by atoms with E-state index in [1.54, 1.807) is 6.07 Å². The fourth-order valence-electron chi connectivity index (χ4n) is 1.96. The first-order valence-corrected chi connectivity index (χ1v) is 5.68. The molecule has 90 valence electrons. The van der Waals surface area contributed by atoms with Crippen molar-refractivity contribution in [2.75, 3.05) is 18.5 Å². The van der Waals surface area contributed by atoms with Crippen LogP contribution in [0.4, 0.5) is 10.1 Å². The van der Waals surface area contributed by atoms with Gasteiger partial charge in [0.2, 0.25) is 0 Å². The first-order chi connectivity index (χ1) is 7.43. The van der Waals surface area contributed by atoms with Crippen molar-refractivity contribution in [2.45, 2.75) is 26.8 Å². The van der Waals surface area contributed by atoms with Gasteiger partial charge < -0.3 is 10.6 Å². The molecule has 3 heteroatoms. The number of nitrogens with zero attached hydrogens (tertiary/aromatic N) is 1. The van der Waals surface area contributed by atoms with Crippen LogP contribution in [0.2, 0.25) is 0 Å². The van der Waals surface area contributed by atoms with Gasteiger partial charge in [0.1, 0.15) is 5.82 Å². The number of benzene rings is 1. The van der Waals surface area contributed by atoms with E-state index in [4.69, 9.17) is 5.73 Å². The van der Waals surface area contributed by atoms with E-state index in [1.165, 1.54) is 6.07 Å². The van der Waals surface area contributed by atoms with Crippen LogP contribution in [0, 0.1) is 11.7 Å². The number of rotatable bonds is 4. The Bertz CT molecular complexity index is 348. The van der Waals surface area contributed by atoms with Gasteiger partial charge in [0.15, 0.2) is 0 Å². The maximum atomic E-state index is 13.7. The molecule has 0 saturated carbocycles. The summed E-state index contributed by atoms with van der Waals surface area (Å²) in [6.07, 6.45) is 0. The molecule has 2 nitrogen and oxygen atoms in total. The van der Waals surface area contributed by atoms with E-state index in [-0.39, 0.29) is 11.9 Å². The third-order valence-corrected chi connectivity index (χ3v) is 2.54. The van der Waals surface area contributed by atoms with Crippen LogP contribution in [0.25, 0.3) is 0 Å². The Labute approximate surface area is 97.3 Å². The highest BCUT2D eigenvalue weighted by Crippen LogP contribution is 2.27. The van der Waals surface area contributed by atoms with Gasteiger partial charge in [-0.2, -0.15) is 0 Å². The SMILES string of the molecule is CC(C)CN(C)c1cccc(F)c1[C@H](C)N. The van der Waals surface area contributed by atoms with E-state index in [0.29, 0.717) is 11.5 Å². The van der Waals surface area contributed by atoms with Crippen LogP contribution in [-0.2, 0) is 0 Å². The summed E-state index contributed by atoms with van der Waals surface area (Å²) in [5, 5.41) is 0. The van der Waals surface area contributed by atoms with Crippen molar-refractivity contribution in [3.05, 3.63) is 29.6 Å². The van der Waals surface area contributed by atoms with Gasteiger partial charge >= 0.3 is 0 Å². The first kappa shape index (κ1) is 13.0. The summed E-state index contributed by atoms with van der Waals surface area (Å²) in [6, 6.07) is 4.83. The summed E-state index contributed by atoms with van der Waals surface area (Å²) < 4.78 is 13.7. The van der Waals surface area contributed by atoms with Gasteiger partial charge in [0.25, 0.3) is 0 Å². The molecule has 0 aliphatic rings. The first-order valence-electron chi connectivity index (χ1n) is 5.68. The summed E-state index contributed by atoms with van der Waals surface area (Å²) in [6.45, 7) is 6.98. The molecule has 0 amide bonds. The molecule has 0 fully saturated rings. The molecular weight excluding hydrogens is 203 g/mol. The lowest BCUT2D eigenvalue weighted by molar-refractivity contribution is 0.587. The fraction of sp³-hybridized carbons (Fsp3) is 0.538. The Hall–Kier alpha value is -1.09. The monoisotopic (exact) mass is 224 g/mol. The van der Waals surface area contributed by atoms with Gasteiger partial charge in [-0.05, 0) is 25.0 Å². The minimum Gasteiger partial charge on any atom is -0.374 e. The van der Waals surface area contributed by atoms with Gasteiger partial charge in [0, 0.05) is 30.9 Å².